The molecule has 6 nitrogen and oxygen atoms in total. The van der Waals surface area contributed by atoms with Crippen molar-refractivity contribution in [2.75, 3.05) is 7.11 Å². The monoisotopic (exact) mass is 443 g/mol. The lowest BCUT2D eigenvalue weighted by molar-refractivity contribution is -0.123. The second-order valence-corrected chi connectivity index (χ2v) is 7.02. The summed E-state index contributed by atoms with van der Waals surface area (Å²) in [5.74, 6) is 1.49. The molecule has 2 atom stereocenters. The molecule has 0 bridgehead atoms. The number of halogens is 2. The molecule has 1 heterocycles. The van der Waals surface area contributed by atoms with E-state index in [-0.39, 0.29) is 36.8 Å². The van der Waals surface area contributed by atoms with E-state index >= 15 is 0 Å². The Kier molecular flexibility index (Phi) is 12.3. The number of carbonyl (C=O) groups excluding carboxylic acids is 1. The summed E-state index contributed by atoms with van der Waals surface area (Å²) in [6.45, 7) is 6.44. The number of nitrogens with one attached hydrogen (secondary N) is 1. The van der Waals surface area contributed by atoms with Crippen LogP contribution in [-0.2, 0) is 11.4 Å². The normalized spacial score (nSPS) is 12.2. The van der Waals surface area contributed by atoms with Crippen molar-refractivity contribution in [3.63, 3.8) is 0 Å². The van der Waals surface area contributed by atoms with Crippen molar-refractivity contribution in [2.45, 2.75) is 45.9 Å². The first-order valence-electron chi connectivity index (χ1n) is 9.16. The summed E-state index contributed by atoms with van der Waals surface area (Å²) < 4.78 is 11.3. The standard InChI is InChI=1S/C21H29N3O3.2ClH/c1-14(2)11-18(22)21(25)24-15(3)17-5-6-19(20(12-17)26-4)27-13-16-7-9-23-10-8-16;;/h5-10,12,14-15,18H,11,13,22H2,1-4H3,(H,24,25);2*1H/t15?,18-;;/m0../s1. The lowest BCUT2D eigenvalue weighted by Crippen LogP contribution is -2.42. The molecule has 0 radical (unpaired) electrons. The van der Waals surface area contributed by atoms with Crippen LogP contribution >= 0.6 is 24.8 Å². The summed E-state index contributed by atoms with van der Waals surface area (Å²) in [5.41, 5.74) is 7.91. The van der Waals surface area contributed by atoms with Gasteiger partial charge in [0.05, 0.1) is 19.2 Å². The van der Waals surface area contributed by atoms with E-state index in [0.717, 1.165) is 11.1 Å². The van der Waals surface area contributed by atoms with Gasteiger partial charge in [-0.05, 0) is 54.7 Å². The third-order valence-electron chi connectivity index (χ3n) is 4.25. The van der Waals surface area contributed by atoms with Crippen LogP contribution in [0.5, 0.6) is 11.5 Å². The van der Waals surface area contributed by atoms with Crippen LogP contribution in [0.15, 0.2) is 42.7 Å². The summed E-state index contributed by atoms with van der Waals surface area (Å²) in [6.07, 6.45) is 4.12. The van der Waals surface area contributed by atoms with Crippen molar-refractivity contribution in [3.8, 4) is 11.5 Å². The zero-order valence-electron chi connectivity index (χ0n) is 17.3. The highest BCUT2D eigenvalue weighted by molar-refractivity contribution is 5.85. The van der Waals surface area contributed by atoms with Crippen LogP contribution in [0.3, 0.4) is 0 Å². The van der Waals surface area contributed by atoms with Crippen molar-refractivity contribution in [2.24, 2.45) is 11.7 Å². The van der Waals surface area contributed by atoms with Gasteiger partial charge in [-0.3, -0.25) is 9.78 Å². The van der Waals surface area contributed by atoms with Gasteiger partial charge in [-0.1, -0.05) is 19.9 Å². The molecule has 1 aromatic heterocycles. The third-order valence-corrected chi connectivity index (χ3v) is 4.25. The van der Waals surface area contributed by atoms with Crippen LogP contribution in [0.2, 0.25) is 0 Å². The Labute approximate surface area is 185 Å². The Balaban J connectivity index is 0.00000392. The minimum atomic E-state index is -0.502. The minimum absolute atomic E-state index is 0. The summed E-state index contributed by atoms with van der Waals surface area (Å²) in [4.78, 5) is 16.2. The predicted octanol–water partition coefficient (Wildman–Crippen LogP) is 4.06. The summed E-state index contributed by atoms with van der Waals surface area (Å²) in [7, 11) is 1.60. The van der Waals surface area contributed by atoms with Gasteiger partial charge in [-0.2, -0.15) is 0 Å². The smallest absolute Gasteiger partial charge is 0.237 e. The van der Waals surface area contributed by atoms with E-state index in [1.807, 2.05) is 51.1 Å². The molecule has 8 heteroatoms. The highest BCUT2D eigenvalue weighted by Crippen LogP contribution is 2.31. The Morgan fingerprint density at radius 2 is 1.76 bits per heavy atom. The number of aromatic nitrogens is 1. The van der Waals surface area contributed by atoms with Crippen molar-refractivity contribution < 1.29 is 14.3 Å². The second-order valence-electron chi connectivity index (χ2n) is 7.02. The molecule has 0 aliphatic heterocycles. The van der Waals surface area contributed by atoms with Crippen LogP contribution < -0.4 is 20.5 Å². The first kappa shape index (κ1) is 27.0. The Morgan fingerprint density at radius 3 is 2.34 bits per heavy atom. The molecule has 2 aromatic rings. The number of pyridine rings is 1. The van der Waals surface area contributed by atoms with Gasteiger partial charge in [0.15, 0.2) is 11.5 Å². The fraction of sp³-hybridized carbons (Fsp3) is 0.429. The van der Waals surface area contributed by atoms with E-state index in [1.165, 1.54) is 0 Å². The molecule has 0 saturated carbocycles. The molecule has 2 rings (SSSR count). The maximum atomic E-state index is 12.2. The molecule has 1 unspecified atom stereocenters. The number of hydrogen-bond acceptors (Lipinski definition) is 5. The first-order valence-corrected chi connectivity index (χ1v) is 9.16. The maximum absolute atomic E-state index is 12.2. The summed E-state index contributed by atoms with van der Waals surface area (Å²) in [5, 5.41) is 2.96. The SMILES string of the molecule is COc1cc(C(C)NC(=O)[C@@H](N)CC(C)C)ccc1OCc1ccncc1.Cl.Cl. The van der Waals surface area contributed by atoms with Gasteiger partial charge in [-0.15, -0.1) is 24.8 Å². The molecular formula is C21H31Cl2N3O3. The van der Waals surface area contributed by atoms with Gasteiger partial charge in [-0.25, -0.2) is 0 Å². The molecule has 1 aromatic carbocycles. The van der Waals surface area contributed by atoms with E-state index in [2.05, 4.69) is 10.3 Å². The molecule has 0 saturated heterocycles. The van der Waals surface area contributed by atoms with Crippen LogP contribution in [0, 0.1) is 5.92 Å². The molecule has 3 N–H and O–H groups in total. The first-order chi connectivity index (χ1) is 12.9. The maximum Gasteiger partial charge on any atom is 0.237 e. The second kappa shape index (κ2) is 13.2. The number of benzene rings is 1. The number of rotatable bonds is 9. The van der Waals surface area contributed by atoms with Crippen molar-refractivity contribution in [3.05, 3.63) is 53.9 Å². The minimum Gasteiger partial charge on any atom is -0.493 e. The number of nitrogens with zero attached hydrogens (tertiary/aromatic N) is 1. The Bertz CT molecular complexity index is 745. The van der Waals surface area contributed by atoms with Gasteiger partial charge >= 0.3 is 0 Å². The van der Waals surface area contributed by atoms with Gasteiger partial charge in [0.25, 0.3) is 0 Å². The van der Waals surface area contributed by atoms with E-state index in [9.17, 15) is 4.79 Å². The molecular weight excluding hydrogens is 413 g/mol. The molecule has 162 valence electrons. The highest BCUT2D eigenvalue weighted by Gasteiger charge is 2.18. The van der Waals surface area contributed by atoms with E-state index < -0.39 is 6.04 Å². The van der Waals surface area contributed by atoms with Crippen molar-refractivity contribution in [1.82, 2.24) is 10.3 Å². The van der Waals surface area contributed by atoms with Gasteiger partial charge < -0.3 is 20.5 Å². The fourth-order valence-electron chi connectivity index (χ4n) is 2.73. The Hall–Kier alpha value is -2.02. The van der Waals surface area contributed by atoms with E-state index in [1.54, 1.807) is 19.5 Å². The van der Waals surface area contributed by atoms with Crippen LogP contribution in [0.1, 0.15) is 44.4 Å². The van der Waals surface area contributed by atoms with Crippen LogP contribution in [-0.4, -0.2) is 24.0 Å². The molecule has 1 amide bonds. The fourth-order valence-corrected chi connectivity index (χ4v) is 2.73. The van der Waals surface area contributed by atoms with Crippen molar-refractivity contribution >= 4 is 30.7 Å². The lowest BCUT2D eigenvalue weighted by atomic mass is 10.0. The van der Waals surface area contributed by atoms with E-state index in [4.69, 9.17) is 15.2 Å². The van der Waals surface area contributed by atoms with Gasteiger partial charge in [0.2, 0.25) is 5.91 Å². The number of nitrogens with two attached hydrogens (primary N) is 1. The van der Waals surface area contributed by atoms with E-state index in [0.29, 0.717) is 30.4 Å². The van der Waals surface area contributed by atoms with Crippen LogP contribution in [0.25, 0.3) is 0 Å². The molecule has 29 heavy (non-hydrogen) atoms. The number of methoxy groups -OCH3 is 1. The van der Waals surface area contributed by atoms with Crippen LogP contribution in [0.4, 0.5) is 0 Å². The topological polar surface area (TPSA) is 86.5 Å². The number of amides is 1. The average molecular weight is 444 g/mol. The largest absolute Gasteiger partial charge is 0.493 e. The van der Waals surface area contributed by atoms with Crippen molar-refractivity contribution in [1.29, 1.82) is 0 Å². The van der Waals surface area contributed by atoms with Gasteiger partial charge in [0, 0.05) is 12.4 Å². The average Bonchev–Trinajstić information content (AvgIpc) is 2.66. The summed E-state index contributed by atoms with van der Waals surface area (Å²) >= 11 is 0. The highest BCUT2D eigenvalue weighted by atomic mass is 35.5. The third kappa shape index (κ3) is 8.48. The zero-order valence-corrected chi connectivity index (χ0v) is 18.9. The predicted molar refractivity (Wildman–Crippen MR) is 120 cm³/mol. The molecule has 0 fully saturated rings. The molecule has 0 aliphatic carbocycles. The number of carbonyl (C=O) groups is 1. The number of hydrogen-bond donors (Lipinski definition) is 2. The molecule has 0 spiro atoms. The molecule has 0 aliphatic rings. The van der Waals surface area contributed by atoms with Gasteiger partial charge in [0.1, 0.15) is 6.61 Å². The number of ether oxygens (including phenoxy) is 2. The summed E-state index contributed by atoms with van der Waals surface area (Å²) in [6, 6.07) is 8.77. The Morgan fingerprint density at radius 1 is 1.10 bits per heavy atom. The zero-order chi connectivity index (χ0) is 19.8. The quantitative estimate of drug-likeness (QED) is 0.609. The lowest BCUT2D eigenvalue weighted by Gasteiger charge is -2.20.